The van der Waals surface area contributed by atoms with E-state index in [1.54, 1.807) is 43.8 Å². The van der Waals surface area contributed by atoms with Crippen molar-refractivity contribution < 1.29 is 14.3 Å². The lowest BCUT2D eigenvalue weighted by Gasteiger charge is -2.13. The molecule has 0 unspecified atom stereocenters. The quantitative estimate of drug-likeness (QED) is 0.362. The van der Waals surface area contributed by atoms with Crippen molar-refractivity contribution in [3.8, 4) is 22.1 Å². The van der Waals surface area contributed by atoms with Crippen molar-refractivity contribution in [1.82, 2.24) is 9.97 Å². The number of thiazole rings is 1. The summed E-state index contributed by atoms with van der Waals surface area (Å²) in [6, 6.07) is 16.4. The van der Waals surface area contributed by atoms with Crippen LogP contribution in [0.5, 0.6) is 11.5 Å². The number of anilines is 1. The van der Waals surface area contributed by atoms with Crippen LogP contribution >= 0.6 is 22.9 Å². The topological polar surface area (TPSA) is 73.3 Å². The highest BCUT2D eigenvalue weighted by Gasteiger charge is 2.17. The Hall–Kier alpha value is -3.42. The molecule has 4 aromatic rings. The molecule has 32 heavy (non-hydrogen) atoms. The summed E-state index contributed by atoms with van der Waals surface area (Å²) in [6.45, 7) is 2.15. The number of pyridine rings is 1. The number of nitrogens with one attached hydrogen (secondary N) is 1. The molecule has 0 aliphatic rings. The van der Waals surface area contributed by atoms with E-state index in [0.717, 1.165) is 16.1 Å². The number of methoxy groups -OCH3 is 1. The molecule has 1 N–H and O–H groups in total. The number of amides is 1. The smallest absolute Gasteiger partial charge is 0.267 e. The number of benzene rings is 2. The Morgan fingerprint density at radius 3 is 2.75 bits per heavy atom. The minimum Gasteiger partial charge on any atom is -0.493 e. The van der Waals surface area contributed by atoms with E-state index in [9.17, 15) is 4.79 Å². The summed E-state index contributed by atoms with van der Waals surface area (Å²) >= 11 is 7.41. The monoisotopic (exact) mass is 465 g/mol. The van der Waals surface area contributed by atoms with Crippen LogP contribution in [0.3, 0.4) is 0 Å². The highest BCUT2D eigenvalue weighted by molar-refractivity contribution is 7.17. The van der Waals surface area contributed by atoms with Crippen LogP contribution in [0.2, 0.25) is 5.02 Å². The van der Waals surface area contributed by atoms with E-state index in [2.05, 4.69) is 15.3 Å². The van der Waals surface area contributed by atoms with Crippen molar-refractivity contribution in [2.45, 2.75) is 13.5 Å². The number of halogens is 1. The Morgan fingerprint density at radius 2 is 2.00 bits per heavy atom. The summed E-state index contributed by atoms with van der Waals surface area (Å²) in [5, 5.41) is 4.29. The first-order valence-electron chi connectivity index (χ1n) is 9.78. The molecule has 0 aliphatic heterocycles. The lowest BCUT2D eigenvalue weighted by atomic mass is 10.2. The van der Waals surface area contributed by atoms with E-state index < -0.39 is 0 Å². The fourth-order valence-corrected chi connectivity index (χ4v) is 4.20. The third-order valence-electron chi connectivity index (χ3n) is 4.61. The number of hydrogen-bond acceptors (Lipinski definition) is 6. The standard InChI is InChI=1S/C24H20ClN3O3S/c1-15-22(32-24(27-15)17-6-3-7-18(25)11-17)23(29)28-19-8-9-20(30-2)21(12-19)31-14-16-5-4-10-26-13-16/h3-13H,14H2,1-2H3,(H,28,29). The summed E-state index contributed by atoms with van der Waals surface area (Å²) in [6.07, 6.45) is 3.45. The average molecular weight is 466 g/mol. The number of aromatic nitrogens is 2. The highest BCUT2D eigenvalue weighted by atomic mass is 35.5. The molecule has 4 rings (SSSR count). The van der Waals surface area contributed by atoms with Gasteiger partial charge in [-0.25, -0.2) is 4.98 Å². The second kappa shape index (κ2) is 9.80. The first kappa shape index (κ1) is 21.8. The second-order valence-electron chi connectivity index (χ2n) is 6.91. The predicted molar refractivity (Wildman–Crippen MR) is 127 cm³/mol. The van der Waals surface area contributed by atoms with Crippen LogP contribution in [-0.2, 0) is 6.61 Å². The maximum atomic E-state index is 12.9. The van der Waals surface area contributed by atoms with Gasteiger partial charge in [-0.1, -0.05) is 29.8 Å². The van der Waals surface area contributed by atoms with E-state index in [1.165, 1.54) is 11.3 Å². The zero-order valence-electron chi connectivity index (χ0n) is 17.5. The predicted octanol–water partition coefficient (Wildman–Crippen LogP) is 6.01. The minimum absolute atomic E-state index is 0.239. The molecule has 2 aromatic heterocycles. The van der Waals surface area contributed by atoms with Crippen molar-refractivity contribution in [2.24, 2.45) is 0 Å². The van der Waals surface area contributed by atoms with Crippen molar-refractivity contribution in [1.29, 1.82) is 0 Å². The third kappa shape index (κ3) is 5.07. The Morgan fingerprint density at radius 1 is 1.12 bits per heavy atom. The molecule has 6 nitrogen and oxygen atoms in total. The van der Waals surface area contributed by atoms with Gasteiger partial charge < -0.3 is 14.8 Å². The molecule has 2 aromatic carbocycles. The fourth-order valence-electron chi connectivity index (χ4n) is 3.05. The number of nitrogens with zero attached hydrogens (tertiary/aromatic N) is 2. The molecular formula is C24H20ClN3O3S. The normalized spacial score (nSPS) is 10.6. The number of aryl methyl sites for hydroxylation is 1. The Labute approximate surface area is 194 Å². The molecule has 0 bridgehead atoms. The highest BCUT2D eigenvalue weighted by Crippen LogP contribution is 2.33. The molecule has 0 saturated heterocycles. The summed E-state index contributed by atoms with van der Waals surface area (Å²) < 4.78 is 11.3. The maximum Gasteiger partial charge on any atom is 0.267 e. The molecule has 162 valence electrons. The Balaban J connectivity index is 1.52. The molecule has 1 amide bonds. The van der Waals surface area contributed by atoms with Crippen molar-refractivity contribution >= 4 is 34.5 Å². The van der Waals surface area contributed by atoms with Crippen LogP contribution in [0, 0.1) is 6.92 Å². The molecule has 2 heterocycles. The van der Waals surface area contributed by atoms with E-state index in [4.69, 9.17) is 21.1 Å². The van der Waals surface area contributed by atoms with Crippen LogP contribution in [-0.4, -0.2) is 23.0 Å². The van der Waals surface area contributed by atoms with Crippen molar-refractivity contribution in [3.63, 3.8) is 0 Å². The van der Waals surface area contributed by atoms with Crippen molar-refractivity contribution in [3.05, 3.63) is 88.1 Å². The van der Waals surface area contributed by atoms with E-state index in [0.29, 0.717) is 39.4 Å². The van der Waals surface area contributed by atoms with Crippen LogP contribution in [0.1, 0.15) is 20.9 Å². The van der Waals surface area contributed by atoms with Gasteiger partial charge in [-0.05, 0) is 37.3 Å². The fraction of sp³-hybridized carbons (Fsp3) is 0.125. The first-order valence-corrected chi connectivity index (χ1v) is 11.0. The number of carbonyl (C=O) groups excluding carboxylic acids is 1. The third-order valence-corrected chi connectivity index (χ3v) is 6.05. The van der Waals surface area contributed by atoms with Crippen LogP contribution in [0.25, 0.3) is 10.6 Å². The van der Waals surface area contributed by atoms with Crippen LogP contribution in [0.15, 0.2) is 67.0 Å². The van der Waals surface area contributed by atoms with Gasteiger partial charge in [0.05, 0.1) is 12.8 Å². The summed E-state index contributed by atoms with van der Waals surface area (Å²) in [4.78, 5) is 22.1. The molecule has 0 fully saturated rings. The van der Waals surface area contributed by atoms with Gasteiger partial charge in [0.1, 0.15) is 16.5 Å². The minimum atomic E-state index is -0.239. The molecule has 0 radical (unpaired) electrons. The zero-order valence-corrected chi connectivity index (χ0v) is 19.0. The van der Waals surface area contributed by atoms with Gasteiger partial charge in [-0.15, -0.1) is 11.3 Å². The van der Waals surface area contributed by atoms with Gasteiger partial charge >= 0.3 is 0 Å². The Bertz CT molecular complexity index is 1240. The maximum absolute atomic E-state index is 12.9. The molecule has 0 atom stereocenters. The average Bonchev–Trinajstić information content (AvgIpc) is 3.20. The zero-order chi connectivity index (χ0) is 22.5. The summed E-state index contributed by atoms with van der Waals surface area (Å²) in [7, 11) is 1.57. The summed E-state index contributed by atoms with van der Waals surface area (Å²) in [5.74, 6) is 0.857. The number of ether oxygens (including phenoxy) is 2. The Kier molecular flexibility index (Phi) is 6.68. The van der Waals surface area contributed by atoms with Gasteiger partial charge in [0.25, 0.3) is 5.91 Å². The van der Waals surface area contributed by atoms with Gasteiger partial charge in [0.15, 0.2) is 11.5 Å². The number of hydrogen-bond donors (Lipinski definition) is 1. The van der Waals surface area contributed by atoms with Crippen LogP contribution < -0.4 is 14.8 Å². The molecule has 0 aliphatic carbocycles. The van der Waals surface area contributed by atoms with Gasteiger partial charge in [0.2, 0.25) is 0 Å². The number of carbonyl (C=O) groups is 1. The molecule has 0 saturated carbocycles. The molecular weight excluding hydrogens is 446 g/mol. The van der Waals surface area contributed by atoms with E-state index in [-0.39, 0.29) is 5.91 Å². The molecule has 8 heteroatoms. The van der Waals surface area contributed by atoms with Gasteiger partial charge in [-0.2, -0.15) is 0 Å². The summed E-state index contributed by atoms with van der Waals surface area (Å²) in [5.41, 5.74) is 3.05. The van der Waals surface area contributed by atoms with Gasteiger partial charge in [-0.3, -0.25) is 9.78 Å². The van der Waals surface area contributed by atoms with Gasteiger partial charge in [0, 0.05) is 40.3 Å². The number of rotatable bonds is 7. The lowest BCUT2D eigenvalue weighted by molar-refractivity contribution is 0.103. The van der Waals surface area contributed by atoms with E-state index >= 15 is 0 Å². The van der Waals surface area contributed by atoms with E-state index in [1.807, 2.05) is 37.3 Å². The molecule has 0 spiro atoms. The van der Waals surface area contributed by atoms with Crippen LogP contribution in [0.4, 0.5) is 5.69 Å². The largest absolute Gasteiger partial charge is 0.493 e. The second-order valence-corrected chi connectivity index (χ2v) is 8.35. The lowest BCUT2D eigenvalue weighted by Crippen LogP contribution is -2.11. The first-order chi connectivity index (χ1) is 15.5. The van der Waals surface area contributed by atoms with Crippen molar-refractivity contribution in [2.75, 3.05) is 12.4 Å². The SMILES string of the molecule is COc1ccc(NC(=O)c2sc(-c3cccc(Cl)c3)nc2C)cc1OCc1cccnc1.